The summed E-state index contributed by atoms with van der Waals surface area (Å²) in [4.78, 5) is 42.6. The fourth-order valence-electron chi connectivity index (χ4n) is 5.14. The summed E-state index contributed by atoms with van der Waals surface area (Å²) in [6, 6.07) is 18.7. The molecule has 0 aliphatic carbocycles. The van der Waals surface area contributed by atoms with E-state index in [-0.39, 0.29) is 23.6 Å². The largest absolute Gasteiger partial charge is 0.342 e. The minimum atomic E-state index is -0.716. The number of carbonyl (C=O) groups is 3. The van der Waals surface area contributed by atoms with E-state index in [2.05, 4.69) is 39.5 Å². The molecule has 2 heterocycles. The molecular weight excluding hydrogens is 510 g/mol. The summed E-state index contributed by atoms with van der Waals surface area (Å²) in [5, 5.41) is 14.5. The standard InChI is InChI=1S/C30H35N5O3S/c1-19(31-2)28(36)34-25-18-39-27-24(33-29(37)21-11-7-15-32-16-21)13-6-14-26(27)35(30(25)38)17-22-10-5-9-20-8-3-4-12-23(20)22/h3-6,8-10,12-14,19,21,25,31-32H,7,11,15-18H2,1-2H3,(H,33,37)(H,34,36)/t19-,21?,25-/m0/s1. The van der Waals surface area contributed by atoms with Crippen LogP contribution in [0.4, 0.5) is 11.4 Å². The second-order valence-electron chi connectivity index (χ2n) is 10.1. The van der Waals surface area contributed by atoms with Crippen LogP contribution in [0, 0.1) is 5.92 Å². The van der Waals surface area contributed by atoms with Gasteiger partial charge in [0.1, 0.15) is 6.04 Å². The number of amides is 3. The molecule has 3 atom stereocenters. The fourth-order valence-corrected chi connectivity index (χ4v) is 6.30. The first-order chi connectivity index (χ1) is 19.0. The Morgan fingerprint density at radius 3 is 2.69 bits per heavy atom. The third-order valence-electron chi connectivity index (χ3n) is 7.52. The average Bonchev–Trinajstić information content (AvgIpc) is 3.10. The highest BCUT2D eigenvalue weighted by Crippen LogP contribution is 2.41. The number of anilines is 2. The minimum absolute atomic E-state index is 0.0138. The molecule has 2 aliphatic rings. The molecule has 39 heavy (non-hydrogen) atoms. The lowest BCUT2D eigenvalue weighted by Gasteiger charge is -2.28. The van der Waals surface area contributed by atoms with E-state index in [0.29, 0.717) is 24.5 Å². The lowest BCUT2D eigenvalue weighted by molar-refractivity contribution is -0.128. The molecule has 0 aromatic heterocycles. The summed E-state index contributed by atoms with van der Waals surface area (Å²) >= 11 is 1.49. The molecular formula is C30H35N5O3S. The van der Waals surface area contributed by atoms with Crippen LogP contribution in [0.25, 0.3) is 10.8 Å². The molecule has 9 heteroatoms. The quantitative estimate of drug-likeness (QED) is 0.363. The second kappa shape index (κ2) is 12.2. The highest BCUT2D eigenvalue weighted by atomic mass is 32.2. The van der Waals surface area contributed by atoms with Crippen molar-refractivity contribution in [3.05, 3.63) is 66.2 Å². The van der Waals surface area contributed by atoms with Crippen LogP contribution >= 0.6 is 11.8 Å². The first-order valence-electron chi connectivity index (χ1n) is 13.5. The van der Waals surface area contributed by atoms with Crippen molar-refractivity contribution in [2.75, 3.05) is 36.1 Å². The van der Waals surface area contributed by atoms with Gasteiger partial charge < -0.3 is 26.2 Å². The third kappa shape index (κ3) is 5.95. The molecule has 4 N–H and O–H groups in total. The van der Waals surface area contributed by atoms with Gasteiger partial charge in [-0.05, 0) is 61.8 Å². The van der Waals surface area contributed by atoms with Crippen LogP contribution in [0.1, 0.15) is 25.3 Å². The molecule has 1 saturated heterocycles. The molecule has 2 aliphatic heterocycles. The van der Waals surface area contributed by atoms with Gasteiger partial charge in [-0.2, -0.15) is 0 Å². The summed E-state index contributed by atoms with van der Waals surface area (Å²) in [5.41, 5.74) is 2.44. The van der Waals surface area contributed by atoms with Crippen molar-refractivity contribution in [2.24, 2.45) is 5.92 Å². The topological polar surface area (TPSA) is 103 Å². The molecule has 1 unspecified atom stereocenters. The van der Waals surface area contributed by atoms with Gasteiger partial charge in [-0.25, -0.2) is 0 Å². The number of rotatable bonds is 7. The number of hydrogen-bond acceptors (Lipinski definition) is 6. The van der Waals surface area contributed by atoms with Gasteiger partial charge in [0, 0.05) is 12.3 Å². The van der Waals surface area contributed by atoms with Crippen LogP contribution in [0.15, 0.2) is 65.6 Å². The van der Waals surface area contributed by atoms with Gasteiger partial charge in [-0.1, -0.05) is 48.5 Å². The Morgan fingerprint density at radius 2 is 1.90 bits per heavy atom. The number of benzene rings is 3. The van der Waals surface area contributed by atoms with Gasteiger partial charge >= 0.3 is 0 Å². The molecule has 0 radical (unpaired) electrons. The molecule has 0 bridgehead atoms. The molecule has 8 nitrogen and oxygen atoms in total. The zero-order chi connectivity index (χ0) is 27.4. The molecule has 204 valence electrons. The highest BCUT2D eigenvalue weighted by molar-refractivity contribution is 7.99. The Balaban J connectivity index is 1.51. The average molecular weight is 546 g/mol. The maximum absolute atomic E-state index is 14.1. The van der Waals surface area contributed by atoms with Crippen LogP contribution in [-0.4, -0.2) is 55.7 Å². The van der Waals surface area contributed by atoms with Gasteiger partial charge in [0.25, 0.3) is 5.91 Å². The predicted octanol–water partition coefficient (Wildman–Crippen LogP) is 3.51. The monoisotopic (exact) mass is 545 g/mol. The zero-order valence-corrected chi connectivity index (χ0v) is 23.1. The predicted molar refractivity (Wildman–Crippen MR) is 157 cm³/mol. The van der Waals surface area contributed by atoms with Crippen molar-refractivity contribution in [3.63, 3.8) is 0 Å². The van der Waals surface area contributed by atoms with Crippen molar-refractivity contribution in [3.8, 4) is 0 Å². The van der Waals surface area contributed by atoms with Gasteiger partial charge in [0.15, 0.2) is 0 Å². The Labute approximate surface area is 233 Å². The number of nitrogens with one attached hydrogen (secondary N) is 4. The normalized spacial score (nSPS) is 20.2. The van der Waals surface area contributed by atoms with E-state index in [1.165, 1.54) is 11.8 Å². The summed E-state index contributed by atoms with van der Waals surface area (Å²) < 4.78 is 0. The molecule has 3 aromatic carbocycles. The van der Waals surface area contributed by atoms with E-state index in [1.807, 2.05) is 42.5 Å². The lowest BCUT2D eigenvalue weighted by Crippen LogP contribution is -2.53. The Hall–Kier alpha value is -3.40. The molecule has 0 saturated carbocycles. The maximum atomic E-state index is 14.1. The van der Waals surface area contributed by atoms with Gasteiger partial charge in [0.05, 0.1) is 34.8 Å². The summed E-state index contributed by atoms with van der Waals surface area (Å²) in [5.74, 6) is -0.150. The number of hydrogen-bond donors (Lipinski definition) is 4. The van der Waals surface area contributed by atoms with Crippen LogP contribution in [0.3, 0.4) is 0 Å². The summed E-state index contributed by atoms with van der Waals surface area (Å²) in [7, 11) is 1.72. The van der Waals surface area contributed by atoms with E-state index in [1.54, 1.807) is 18.9 Å². The number of piperidine rings is 1. The number of likely N-dealkylation sites (N-methyl/N-ethyl adjacent to an activating group) is 1. The summed E-state index contributed by atoms with van der Waals surface area (Å²) in [6.45, 7) is 3.70. The number of nitrogens with zero attached hydrogens (tertiary/aromatic N) is 1. The van der Waals surface area contributed by atoms with Gasteiger partial charge in [-0.3, -0.25) is 14.4 Å². The Morgan fingerprint density at radius 1 is 1.10 bits per heavy atom. The molecule has 0 spiro atoms. The number of fused-ring (bicyclic) bond motifs is 2. The smallest absolute Gasteiger partial charge is 0.250 e. The first-order valence-corrected chi connectivity index (χ1v) is 14.5. The number of thioether (sulfide) groups is 1. The van der Waals surface area contributed by atoms with Crippen molar-refractivity contribution >= 4 is 51.6 Å². The first kappa shape index (κ1) is 27.2. The second-order valence-corrected chi connectivity index (χ2v) is 11.2. The fraction of sp³-hybridized carbons (Fsp3) is 0.367. The van der Waals surface area contributed by atoms with Crippen molar-refractivity contribution < 1.29 is 14.4 Å². The lowest BCUT2D eigenvalue weighted by atomic mass is 9.99. The number of carbonyl (C=O) groups excluding carboxylic acids is 3. The van der Waals surface area contributed by atoms with Crippen molar-refractivity contribution in [1.82, 2.24) is 16.0 Å². The van der Waals surface area contributed by atoms with E-state index >= 15 is 0 Å². The van der Waals surface area contributed by atoms with E-state index in [9.17, 15) is 14.4 Å². The maximum Gasteiger partial charge on any atom is 0.250 e. The van der Waals surface area contributed by atoms with Crippen molar-refractivity contribution in [2.45, 2.75) is 43.3 Å². The van der Waals surface area contributed by atoms with E-state index in [4.69, 9.17) is 0 Å². The van der Waals surface area contributed by atoms with Gasteiger partial charge in [-0.15, -0.1) is 11.8 Å². The molecule has 1 fully saturated rings. The van der Waals surface area contributed by atoms with Gasteiger partial charge in [0.2, 0.25) is 11.8 Å². The summed E-state index contributed by atoms with van der Waals surface area (Å²) in [6.07, 6.45) is 1.82. The zero-order valence-electron chi connectivity index (χ0n) is 22.3. The third-order valence-corrected chi connectivity index (χ3v) is 8.74. The Bertz CT molecular complexity index is 1370. The highest BCUT2D eigenvalue weighted by Gasteiger charge is 2.34. The van der Waals surface area contributed by atoms with E-state index < -0.39 is 12.1 Å². The molecule has 3 aromatic rings. The SMILES string of the molecule is CN[C@@H](C)C(=O)N[C@H]1CSc2c(NC(=O)C3CCCNC3)cccc2N(Cc2cccc3ccccc23)C1=O. The van der Waals surface area contributed by atoms with E-state index in [0.717, 1.165) is 46.3 Å². The van der Waals surface area contributed by atoms with Crippen LogP contribution < -0.4 is 26.2 Å². The molecule has 3 amide bonds. The molecule has 5 rings (SSSR count). The minimum Gasteiger partial charge on any atom is -0.342 e. The van der Waals surface area contributed by atoms with Crippen LogP contribution in [0.2, 0.25) is 0 Å². The van der Waals surface area contributed by atoms with Crippen molar-refractivity contribution in [1.29, 1.82) is 0 Å². The van der Waals surface area contributed by atoms with Crippen LogP contribution in [0.5, 0.6) is 0 Å². The van der Waals surface area contributed by atoms with Crippen LogP contribution in [-0.2, 0) is 20.9 Å². The Kier molecular flexibility index (Phi) is 8.50.